The van der Waals surface area contributed by atoms with E-state index in [0.29, 0.717) is 16.6 Å². The number of nitrogens with one attached hydrogen (secondary N) is 2. The van der Waals surface area contributed by atoms with Crippen LogP contribution in [0.25, 0.3) is 10.9 Å². The van der Waals surface area contributed by atoms with Gasteiger partial charge < -0.3 is 15.4 Å². The Morgan fingerprint density at radius 2 is 1.76 bits per heavy atom. The van der Waals surface area contributed by atoms with Gasteiger partial charge in [-0.25, -0.2) is 10.0 Å². The molecule has 6 heteroatoms. The van der Waals surface area contributed by atoms with E-state index in [4.69, 9.17) is 0 Å². The Balaban J connectivity index is 2.08. The van der Waals surface area contributed by atoms with E-state index >= 15 is 0 Å². The van der Waals surface area contributed by atoms with Crippen molar-refractivity contribution in [1.29, 1.82) is 0 Å². The van der Waals surface area contributed by atoms with E-state index in [0.717, 1.165) is 10.5 Å². The number of benzene rings is 2. The Labute approximate surface area is 172 Å². The number of phenols is 1. The third kappa shape index (κ3) is 4.17. The number of anilines is 1. The molecular weight excluding hydrogens is 384 g/mol. The predicted molar refractivity (Wildman–Crippen MR) is 123 cm³/mol. The molecule has 1 amide bonds. The molecule has 0 bridgehead atoms. The number of fused-ring (bicyclic) bond motifs is 1. The third-order valence-electron chi connectivity index (χ3n) is 4.85. The second-order valence-corrected chi connectivity index (χ2v) is 13.1. The average molecular weight is 413 g/mol. The van der Waals surface area contributed by atoms with Crippen LogP contribution in [0.5, 0.6) is 5.75 Å². The Kier molecular flexibility index (Phi) is 5.26. The highest BCUT2D eigenvalue weighted by atomic mass is 32.3. The van der Waals surface area contributed by atoms with Crippen LogP contribution >= 0.6 is 10.0 Å². The number of phenolic OH excluding ortho intramolecular Hbond substituents is 1. The summed E-state index contributed by atoms with van der Waals surface area (Å²) in [5.41, 5.74) is 1.56. The zero-order valence-corrected chi connectivity index (χ0v) is 18.5. The highest BCUT2D eigenvalue weighted by Crippen LogP contribution is 2.52. The molecule has 3 rings (SSSR count). The van der Waals surface area contributed by atoms with Crippen LogP contribution in [0, 0.1) is 0 Å². The van der Waals surface area contributed by atoms with Crippen molar-refractivity contribution in [2.45, 2.75) is 31.1 Å². The summed E-state index contributed by atoms with van der Waals surface area (Å²) < 4.78 is 0. The fourth-order valence-electron chi connectivity index (χ4n) is 3.31. The van der Waals surface area contributed by atoms with Gasteiger partial charge in [0.1, 0.15) is 11.3 Å². The van der Waals surface area contributed by atoms with Gasteiger partial charge in [0.15, 0.2) is 0 Å². The van der Waals surface area contributed by atoms with Crippen molar-refractivity contribution < 1.29 is 9.90 Å². The Hall–Kier alpha value is -2.73. The summed E-state index contributed by atoms with van der Waals surface area (Å²) in [6.45, 7) is 6.17. The molecule has 3 N–H and O–H groups in total. The van der Waals surface area contributed by atoms with Gasteiger partial charge in [0.25, 0.3) is 5.91 Å². The van der Waals surface area contributed by atoms with E-state index in [9.17, 15) is 14.7 Å². The Bertz CT molecular complexity index is 1150. The minimum absolute atomic E-state index is 0.0357. The summed E-state index contributed by atoms with van der Waals surface area (Å²) in [7, 11) is -1.16. The fourth-order valence-corrected chi connectivity index (χ4v) is 4.47. The molecular formula is C23H28N2O3S. The zero-order chi connectivity index (χ0) is 21.6. The smallest absolute Gasteiger partial charge is 0.261 e. The van der Waals surface area contributed by atoms with E-state index in [-0.39, 0.29) is 22.2 Å². The summed E-state index contributed by atoms with van der Waals surface area (Å²) in [5, 5.41) is 13.9. The molecule has 0 saturated carbocycles. The van der Waals surface area contributed by atoms with Crippen LogP contribution < -0.4 is 10.7 Å². The monoisotopic (exact) mass is 412 g/mol. The maximum absolute atomic E-state index is 12.9. The standard InChI is InChI=1S/C23H28N2O3S/c1-23(2,3)16-11-20(29(4,5)6)19(26)12-18(16)25-22(28)15-13-24-17-10-8-7-9-14(17)21(15)27/h7-13,26H,1-6H3,(H,24,27)(H,25,28). The van der Waals surface area contributed by atoms with Crippen LogP contribution in [0.15, 0.2) is 52.3 Å². The number of pyridine rings is 1. The lowest BCUT2D eigenvalue weighted by Gasteiger charge is -2.31. The number of aromatic nitrogens is 1. The Morgan fingerprint density at radius 1 is 1.10 bits per heavy atom. The van der Waals surface area contributed by atoms with E-state index in [2.05, 4.69) is 49.8 Å². The van der Waals surface area contributed by atoms with Gasteiger partial charge in [-0.15, -0.1) is 0 Å². The number of aromatic amines is 1. The maximum Gasteiger partial charge on any atom is 0.261 e. The highest BCUT2D eigenvalue weighted by Gasteiger charge is 2.25. The van der Waals surface area contributed by atoms with Crippen LogP contribution in [0.1, 0.15) is 36.7 Å². The van der Waals surface area contributed by atoms with Gasteiger partial charge in [-0.1, -0.05) is 32.9 Å². The molecule has 0 radical (unpaired) electrons. The lowest BCUT2D eigenvalue weighted by atomic mass is 9.85. The zero-order valence-electron chi connectivity index (χ0n) is 17.7. The molecule has 5 nitrogen and oxygen atoms in total. The minimum Gasteiger partial charge on any atom is -0.507 e. The molecule has 0 saturated heterocycles. The number of rotatable bonds is 3. The largest absolute Gasteiger partial charge is 0.507 e. The lowest BCUT2D eigenvalue weighted by molar-refractivity contribution is 0.102. The first-order valence-electron chi connectivity index (χ1n) is 9.37. The first kappa shape index (κ1) is 21.0. The van der Waals surface area contributed by atoms with Crippen molar-refractivity contribution in [3.8, 4) is 5.75 Å². The molecule has 154 valence electrons. The molecule has 1 heterocycles. The SMILES string of the molecule is CC(C)(C)c1cc(S(C)(C)C)c(O)cc1NC(=O)c1c[nH]c2ccccc2c1=O. The first-order chi connectivity index (χ1) is 13.4. The fraction of sp³-hybridized carbons (Fsp3) is 0.304. The van der Waals surface area contributed by atoms with E-state index < -0.39 is 15.9 Å². The van der Waals surface area contributed by atoms with E-state index in [1.54, 1.807) is 24.3 Å². The minimum atomic E-state index is -1.16. The molecule has 1 aromatic heterocycles. The summed E-state index contributed by atoms with van der Waals surface area (Å²) in [4.78, 5) is 29.6. The third-order valence-corrected chi connectivity index (χ3v) is 6.49. The van der Waals surface area contributed by atoms with Crippen molar-refractivity contribution in [3.63, 3.8) is 0 Å². The van der Waals surface area contributed by atoms with Crippen LogP contribution in [0.3, 0.4) is 0 Å². The van der Waals surface area contributed by atoms with Gasteiger partial charge in [-0.05, 0) is 47.9 Å². The quantitative estimate of drug-likeness (QED) is 0.576. The van der Waals surface area contributed by atoms with Crippen molar-refractivity contribution in [3.05, 3.63) is 63.9 Å². The van der Waals surface area contributed by atoms with Gasteiger partial charge >= 0.3 is 0 Å². The average Bonchev–Trinajstić information content (AvgIpc) is 2.60. The molecule has 3 aromatic rings. The second kappa shape index (κ2) is 7.26. The normalized spacial score (nSPS) is 12.8. The number of amides is 1. The summed E-state index contributed by atoms with van der Waals surface area (Å²) >= 11 is 0. The van der Waals surface area contributed by atoms with Gasteiger partial charge in [0, 0.05) is 33.7 Å². The number of hydrogen-bond donors (Lipinski definition) is 3. The predicted octanol–water partition coefficient (Wildman–Crippen LogP) is 4.84. The number of para-hydroxylation sites is 1. The lowest BCUT2D eigenvalue weighted by Crippen LogP contribution is -2.24. The van der Waals surface area contributed by atoms with Crippen molar-refractivity contribution in [1.82, 2.24) is 4.98 Å². The summed E-state index contributed by atoms with van der Waals surface area (Å²) in [5.74, 6) is -0.346. The molecule has 29 heavy (non-hydrogen) atoms. The Morgan fingerprint density at radius 3 is 2.38 bits per heavy atom. The van der Waals surface area contributed by atoms with E-state index in [1.807, 2.05) is 12.1 Å². The molecule has 0 aliphatic heterocycles. The molecule has 0 aliphatic carbocycles. The molecule has 0 atom stereocenters. The summed E-state index contributed by atoms with van der Waals surface area (Å²) in [6, 6.07) is 10.7. The topological polar surface area (TPSA) is 82.2 Å². The number of aromatic hydroxyl groups is 1. The molecule has 0 spiro atoms. The molecule has 0 unspecified atom stereocenters. The number of H-pyrrole nitrogens is 1. The summed E-state index contributed by atoms with van der Waals surface area (Å²) in [6.07, 6.45) is 7.77. The van der Waals surface area contributed by atoms with Gasteiger partial charge in [-0.3, -0.25) is 9.59 Å². The number of carbonyl (C=O) groups is 1. The van der Waals surface area contributed by atoms with Crippen molar-refractivity contribution >= 4 is 32.5 Å². The van der Waals surface area contributed by atoms with Crippen molar-refractivity contribution in [2.75, 3.05) is 24.1 Å². The highest BCUT2D eigenvalue weighted by molar-refractivity contribution is 8.32. The molecule has 2 aromatic carbocycles. The van der Waals surface area contributed by atoms with Gasteiger partial charge in [0.05, 0.1) is 0 Å². The number of carbonyl (C=O) groups excluding carboxylic acids is 1. The van der Waals surface area contributed by atoms with Crippen LogP contribution in [0.4, 0.5) is 5.69 Å². The second-order valence-electron chi connectivity index (χ2n) is 8.98. The van der Waals surface area contributed by atoms with Gasteiger partial charge in [0.2, 0.25) is 5.43 Å². The maximum atomic E-state index is 12.9. The van der Waals surface area contributed by atoms with Crippen LogP contribution in [0.2, 0.25) is 0 Å². The van der Waals surface area contributed by atoms with Crippen LogP contribution in [-0.4, -0.2) is 34.8 Å². The van der Waals surface area contributed by atoms with Gasteiger partial charge in [-0.2, -0.15) is 0 Å². The molecule has 0 fully saturated rings. The van der Waals surface area contributed by atoms with E-state index in [1.165, 1.54) is 6.20 Å². The number of hydrogen-bond acceptors (Lipinski definition) is 3. The van der Waals surface area contributed by atoms with Crippen molar-refractivity contribution in [2.24, 2.45) is 0 Å². The molecule has 0 aliphatic rings. The first-order valence-corrected chi connectivity index (χ1v) is 12.2. The van der Waals surface area contributed by atoms with Crippen LogP contribution in [-0.2, 0) is 5.41 Å².